The van der Waals surface area contributed by atoms with Gasteiger partial charge in [-0.1, -0.05) is 56.3 Å². The molecule has 2 aromatic carbocycles. The normalized spacial score (nSPS) is 18.4. The van der Waals surface area contributed by atoms with Gasteiger partial charge in [0.05, 0.1) is 11.3 Å². The van der Waals surface area contributed by atoms with Gasteiger partial charge in [-0.05, 0) is 40.1 Å². The fourth-order valence-electron chi connectivity index (χ4n) is 3.14. The average molecular weight is 427 g/mol. The number of sulfone groups is 1. The number of nitrogens with zero attached hydrogens (tertiary/aromatic N) is 3. The van der Waals surface area contributed by atoms with Crippen LogP contribution < -0.4 is 0 Å². The van der Waals surface area contributed by atoms with E-state index >= 15 is 0 Å². The highest BCUT2D eigenvalue weighted by molar-refractivity contribution is 8.42. The van der Waals surface area contributed by atoms with E-state index in [0.29, 0.717) is 0 Å². The molecule has 0 bridgehead atoms. The highest BCUT2D eigenvalue weighted by Crippen LogP contribution is 2.31. The van der Waals surface area contributed by atoms with E-state index in [9.17, 15) is 13.2 Å². The van der Waals surface area contributed by atoms with Crippen molar-refractivity contribution in [3.05, 3.63) is 53.6 Å². The van der Waals surface area contributed by atoms with Gasteiger partial charge in [-0.25, -0.2) is 8.42 Å². The van der Waals surface area contributed by atoms with E-state index in [1.807, 2.05) is 42.5 Å². The van der Waals surface area contributed by atoms with Crippen LogP contribution in [0.25, 0.3) is 16.8 Å². The second-order valence-corrected chi connectivity index (χ2v) is 10.3. The number of benzene rings is 2. The maximum absolute atomic E-state index is 12.6. The number of amidine groups is 2. The zero-order valence-electron chi connectivity index (χ0n) is 15.8. The molecule has 0 fully saturated rings. The quantitative estimate of drug-likeness (QED) is 0.757. The summed E-state index contributed by atoms with van der Waals surface area (Å²) >= 11 is 0.811. The number of rotatable bonds is 3. The summed E-state index contributed by atoms with van der Waals surface area (Å²) in [4.78, 5) is 16.6. The van der Waals surface area contributed by atoms with Crippen molar-refractivity contribution in [2.75, 3.05) is 5.75 Å². The predicted octanol–water partition coefficient (Wildman–Crippen LogP) is 3.49. The van der Waals surface area contributed by atoms with E-state index in [1.165, 1.54) is 0 Å². The summed E-state index contributed by atoms with van der Waals surface area (Å²) in [5.41, 5.74) is 0.843. The van der Waals surface area contributed by atoms with Gasteiger partial charge in [0.25, 0.3) is 5.91 Å². The molecule has 0 spiro atoms. The lowest BCUT2D eigenvalue weighted by Gasteiger charge is -2.20. The van der Waals surface area contributed by atoms with Crippen LogP contribution in [0.1, 0.15) is 19.4 Å². The Kier molecular flexibility index (Phi) is 4.87. The van der Waals surface area contributed by atoms with Crippen molar-refractivity contribution in [1.29, 1.82) is 5.41 Å². The summed E-state index contributed by atoms with van der Waals surface area (Å²) in [6.07, 6.45) is 1.61. The molecule has 2 aliphatic heterocycles. The van der Waals surface area contributed by atoms with Crippen LogP contribution >= 0.6 is 11.8 Å². The van der Waals surface area contributed by atoms with Crippen LogP contribution in [0.5, 0.6) is 0 Å². The molecule has 29 heavy (non-hydrogen) atoms. The molecule has 0 aromatic heterocycles. The summed E-state index contributed by atoms with van der Waals surface area (Å²) in [6, 6.07) is 13.4. The van der Waals surface area contributed by atoms with Crippen molar-refractivity contribution < 1.29 is 13.2 Å². The first-order valence-electron chi connectivity index (χ1n) is 8.97. The number of nitrogens with one attached hydrogen (secondary N) is 1. The predicted molar refractivity (Wildman–Crippen MR) is 118 cm³/mol. The van der Waals surface area contributed by atoms with Gasteiger partial charge in [0.15, 0.2) is 5.84 Å². The SMILES string of the molecule is CC(C)CS(=O)(=O)C1=NN2C(=N)/C(=C\c3cccc4ccccc34)C(=O)N=C2S1. The summed E-state index contributed by atoms with van der Waals surface area (Å²) < 4.78 is 24.9. The zero-order valence-corrected chi connectivity index (χ0v) is 17.4. The number of thioether (sulfide) groups is 1. The van der Waals surface area contributed by atoms with Gasteiger partial charge in [0.2, 0.25) is 19.4 Å². The topological polar surface area (TPSA) is 103 Å². The van der Waals surface area contributed by atoms with Gasteiger partial charge in [-0.3, -0.25) is 10.2 Å². The lowest BCUT2D eigenvalue weighted by molar-refractivity contribution is -0.114. The largest absolute Gasteiger partial charge is 0.283 e. The molecule has 148 valence electrons. The molecule has 7 nitrogen and oxygen atoms in total. The number of hydrogen-bond donors (Lipinski definition) is 1. The van der Waals surface area contributed by atoms with Gasteiger partial charge in [-0.2, -0.15) is 10.0 Å². The van der Waals surface area contributed by atoms with Gasteiger partial charge < -0.3 is 0 Å². The Morgan fingerprint density at radius 3 is 2.66 bits per heavy atom. The molecule has 2 aromatic rings. The molecule has 0 atom stereocenters. The lowest BCUT2D eigenvalue weighted by Crippen LogP contribution is -2.35. The van der Waals surface area contributed by atoms with Gasteiger partial charge in [0.1, 0.15) is 0 Å². The van der Waals surface area contributed by atoms with E-state index in [0.717, 1.165) is 33.1 Å². The number of fused-ring (bicyclic) bond motifs is 2. The standard InChI is InChI=1S/C20H18N4O3S2/c1-12(2)11-29(26,27)20-23-24-17(21)16(18(25)22-19(24)28-20)10-14-8-5-7-13-6-3-4-9-15(13)14/h3-10,12,21H,11H2,1-2H3/b16-10+,21-17?. The molecule has 0 saturated heterocycles. The van der Waals surface area contributed by atoms with Crippen LogP contribution in [0, 0.1) is 11.3 Å². The molecule has 2 heterocycles. The van der Waals surface area contributed by atoms with Crippen molar-refractivity contribution in [2.45, 2.75) is 13.8 Å². The van der Waals surface area contributed by atoms with Crippen LogP contribution in [0.15, 0.2) is 58.1 Å². The Morgan fingerprint density at radius 2 is 1.90 bits per heavy atom. The van der Waals surface area contributed by atoms with Crippen LogP contribution in [-0.2, 0) is 14.6 Å². The molecular formula is C20H18N4O3S2. The van der Waals surface area contributed by atoms with Gasteiger partial charge in [0, 0.05) is 0 Å². The zero-order chi connectivity index (χ0) is 20.8. The molecule has 4 rings (SSSR count). The van der Waals surface area contributed by atoms with Gasteiger partial charge in [-0.15, -0.1) is 5.10 Å². The first kappa shape index (κ1) is 19.5. The Labute approximate surface area is 172 Å². The minimum Gasteiger partial charge on any atom is -0.282 e. The monoisotopic (exact) mass is 426 g/mol. The van der Waals surface area contributed by atoms with Gasteiger partial charge >= 0.3 is 0 Å². The molecule has 2 aliphatic rings. The third-order valence-electron chi connectivity index (χ3n) is 4.38. The van der Waals surface area contributed by atoms with Crippen LogP contribution in [0.3, 0.4) is 0 Å². The second kappa shape index (κ2) is 7.23. The Hall–Kier alpha value is -2.78. The average Bonchev–Trinajstić information content (AvgIpc) is 3.09. The van der Waals surface area contributed by atoms with Crippen molar-refractivity contribution in [3.8, 4) is 0 Å². The number of carbonyl (C=O) groups excluding carboxylic acids is 1. The van der Waals surface area contributed by atoms with Crippen LogP contribution in [0.2, 0.25) is 0 Å². The van der Waals surface area contributed by atoms with Crippen LogP contribution in [-0.4, -0.2) is 40.5 Å². The summed E-state index contributed by atoms with van der Waals surface area (Å²) in [5.74, 6) is -0.889. The lowest BCUT2D eigenvalue weighted by atomic mass is 10.0. The first-order chi connectivity index (χ1) is 13.8. The van der Waals surface area contributed by atoms with E-state index < -0.39 is 15.7 Å². The summed E-state index contributed by atoms with van der Waals surface area (Å²) in [7, 11) is -3.60. The highest BCUT2D eigenvalue weighted by atomic mass is 32.3. The molecular weight excluding hydrogens is 408 g/mol. The summed E-state index contributed by atoms with van der Waals surface area (Å²) in [5, 5.41) is 15.7. The molecule has 0 aliphatic carbocycles. The summed E-state index contributed by atoms with van der Waals surface area (Å²) in [6.45, 7) is 3.61. The Bertz CT molecular complexity index is 1240. The van der Waals surface area contributed by atoms with E-state index in [4.69, 9.17) is 5.41 Å². The molecule has 1 amide bonds. The van der Waals surface area contributed by atoms with E-state index in [1.54, 1.807) is 19.9 Å². The molecule has 1 N–H and O–H groups in total. The minimum atomic E-state index is -3.60. The second-order valence-electron chi connectivity index (χ2n) is 7.13. The maximum atomic E-state index is 12.6. The van der Waals surface area contributed by atoms with Crippen molar-refractivity contribution in [3.63, 3.8) is 0 Å². The molecule has 9 heteroatoms. The Balaban J connectivity index is 1.74. The van der Waals surface area contributed by atoms with Crippen LogP contribution in [0.4, 0.5) is 0 Å². The fourth-order valence-corrected chi connectivity index (χ4v) is 5.93. The third kappa shape index (κ3) is 3.63. The number of aliphatic imine (C=N–C) groups is 1. The smallest absolute Gasteiger partial charge is 0.282 e. The molecule has 0 radical (unpaired) electrons. The van der Waals surface area contributed by atoms with E-state index in [-0.39, 0.29) is 32.6 Å². The van der Waals surface area contributed by atoms with E-state index in [2.05, 4.69) is 10.1 Å². The third-order valence-corrected chi connectivity index (χ3v) is 7.81. The number of hydrogen-bond acceptors (Lipinski definition) is 6. The van der Waals surface area contributed by atoms with Crippen molar-refractivity contribution in [2.24, 2.45) is 16.0 Å². The highest BCUT2D eigenvalue weighted by Gasteiger charge is 2.39. The van der Waals surface area contributed by atoms with Crippen molar-refractivity contribution >= 4 is 59.7 Å². The Morgan fingerprint density at radius 1 is 1.17 bits per heavy atom. The number of hydrazone groups is 1. The number of carbonyl (C=O) groups is 1. The van der Waals surface area contributed by atoms with Crippen molar-refractivity contribution in [1.82, 2.24) is 5.01 Å². The molecule has 0 saturated carbocycles. The minimum absolute atomic E-state index is 0.0556. The fraction of sp³-hybridized carbons (Fsp3) is 0.200. The maximum Gasteiger partial charge on any atom is 0.283 e. The first-order valence-corrected chi connectivity index (χ1v) is 11.4. The molecule has 0 unspecified atom stereocenters. The number of amides is 1.